The van der Waals surface area contributed by atoms with Crippen LogP contribution < -0.4 is 19.5 Å². The van der Waals surface area contributed by atoms with Gasteiger partial charge in [-0.3, -0.25) is 9.59 Å². The summed E-state index contributed by atoms with van der Waals surface area (Å²) in [6, 6.07) is 21.3. The lowest BCUT2D eigenvalue weighted by Crippen LogP contribution is -2.19. The Morgan fingerprint density at radius 1 is 0.732 bits per heavy atom. The molecule has 0 saturated heterocycles. The number of carbonyl (C=O) groups excluding carboxylic acids is 1. The molecule has 3 N–H and O–H groups in total. The number of ether oxygens (including phenoxy) is 3. The van der Waals surface area contributed by atoms with E-state index >= 15 is 0 Å². The summed E-state index contributed by atoms with van der Waals surface area (Å²) >= 11 is 0. The first-order valence-corrected chi connectivity index (χ1v) is 13.8. The highest BCUT2D eigenvalue weighted by atomic mass is 16.5. The van der Waals surface area contributed by atoms with Gasteiger partial charge in [-0.05, 0) is 87.1 Å². The average molecular weight is 564 g/mol. The van der Waals surface area contributed by atoms with Crippen molar-refractivity contribution in [1.29, 1.82) is 0 Å². The minimum Gasteiger partial charge on any atom is -0.494 e. The van der Waals surface area contributed by atoms with Crippen LogP contribution in [0.25, 0.3) is 0 Å². The fourth-order valence-electron chi connectivity index (χ4n) is 3.98. The minimum absolute atomic E-state index is 0.0356. The summed E-state index contributed by atoms with van der Waals surface area (Å²) in [5.74, 6) is -0.988. The maximum absolute atomic E-state index is 13.1. The Kier molecular flexibility index (Phi) is 12.5. The van der Waals surface area contributed by atoms with Crippen LogP contribution in [0.3, 0.4) is 0 Å². The summed E-state index contributed by atoms with van der Waals surface area (Å²) in [5, 5.41) is 21.0. The molecule has 0 heterocycles. The van der Waals surface area contributed by atoms with Crippen molar-refractivity contribution in [2.75, 3.05) is 25.1 Å². The predicted octanol–water partition coefficient (Wildman–Crippen LogP) is 6.39. The van der Waals surface area contributed by atoms with Gasteiger partial charge in [-0.15, -0.1) is 0 Å². The molecule has 41 heavy (non-hydrogen) atoms. The summed E-state index contributed by atoms with van der Waals surface area (Å²) < 4.78 is 17.4. The topological polar surface area (TPSA) is 131 Å². The van der Waals surface area contributed by atoms with E-state index in [9.17, 15) is 19.5 Å². The predicted molar refractivity (Wildman–Crippen MR) is 155 cm³/mol. The number of benzene rings is 3. The van der Waals surface area contributed by atoms with Crippen LogP contribution in [0.5, 0.6) is 17.2 Å². The van der Waals surface area contributed by atoms with Gasteiger partial charge in [0.25, 0.3) is 0 Å². The number of aliphatic carboxylic acids is 1. The molecule has 218 valence electrons. The molecule has 9 nitrogen and oxygen atoms in total. The van der Waals surface area contributed by atoms with Crippen molar-refractivity contribution in [2.24, 2.45) is 0 Å². The van der Waals surface area contributed by atoms with Crippen LogP contribution in [0, 0.1) is 0 Å². The molecule has 0 bridgehead atoms. The van der Waals surface area contributed by atoms with Gasteiger partial charge >= 0.3 is 11.9 Å². The molecular formula is C32H37NO8. The summed E-state index contributed by atoms with van der Waals surface area (Å²) in [5.41, 5.74) is 1.17. The molecule has 3 rings (SSSR count). The number of aromatic carboxylic acids is 1. The molecule has 1 unspecified atom stereocenters. The van der Waals surface area contributed by atoms with Crippen molar-refractivity contribution in [3.8, 4) is 17.2 Å². The highest BCUT2D eigenvalue weighted by Crippen LogP contribution is 2.29. The summed E-state index contributed by atoms with van der Waals surface area (Å²) in [4.78, 5) is 35.3. The fourth-order valence-corrected chi connectivity index (χ4v) is 3.98. The third-order valence-corrected chi connectivity index (χ3v) is 6.35. The fraction of sp³-hybridized carbons (Fsp3) is 0.344. The highest BCUT2D eigenvalue weighted by molar-refractivity contribution is 5.98. The second-order valence-corrected chi connectivity index (χ2v) is 9.57. The number of anilines is 1. The van der Waals surface area contributed by atoms with E-state index in [-0.39, 0.29) is 30.2 Å². The molecule has 0 aliphatic heterocycles. The van der Waals surface area contributed by atoms with E-state index in [1.54, 1.807) is 6.92 Å². The van der Waals surface area contributed by atoms with Crippen LogP contribution in [0.15, 0.2) is 72.8 Å². The summed E-state index contributed by atoms with van der Waals surface area (Å²) in [6.07, 6.45) is 3.54. The number of para-hydroxylation sites is 1. The Hall–Kier alpha value is -4.53. The van der Waals surface area contributed by atoms with Crippen LogP contribution in [-0.4, -0.2) is 47.9 Å². The van der Waals surface area contributed by atoms with Gasteiger partial charge < -0.3 is 29.7 Å². The zero-order valence-electron chi connectivity index (χ0n) is 23.2. The first kappa shape index (κ1) is 31.0. The molecule has 1 amide bonds. The number of nitrogens with one attached hydrogen (secondary N) is 1. The largest absolute Gasteiger partial charge is 0.494 e. The number of amides is 1. The van der Waals surface area contributed by atoms with E-state index in [4.69, 9.17) is 19.3 Å². The molecule has 9 heteroatoms. The van der Waals surface area contributed by atoms with Crippen LogP contribution >= 0.6 is 0 Å². The SMILES string of the molecule is CC(C(=O)Nc1ccc(C(=O)O)cc1OCCCCCC(=O)O)c1cccc(OCCCCOc2ccccc2)c1. The molecule has 0 radical (unpaired) electrons. The van der Waals surface area contributed by atoms with Gasteiger partial charge in [0.1, 0.15) is 17.2 Å². The molecule has 0 saturated carbocycles. The lowest BCUT2D eigenvalue weighted by molar-refractivity contribution is -0.137. The van der Waals surface area contributed by atoms with E-state index in [0.717, 1.165) is 24.2 Å². The summed E-state index contributed by atoms with van der Waals surface area (Å²) in [6.45, 7) is 3.17. The number of unbranched alkanes of at least 4 members (excludes halogenated alkanes) is 3. The van der Waals surface area contributed by atoms with E-state index in [2.05, 4.69) is 5.32 Å². The molecule has 0 aliphatic carbocycles. The first-order valence-electron chi connectivity index (χ1n) is 13.8. The second kappa shape index (κ2) is 16.5. The smallest absolute Gasteiger partial charge is 0.335 e. The quantitative estimate of drug-likeness (QED) is 0.152. The maximum Gasteiger partial charge on any atom is 0.335 e. The van der Waals surface area contributed by atoms with Crippen molar-refractivity contribution in [1.82, 2.24) is 0 Å². The van der Waals surface area contributed by atoms with Crippen LogP contribution in [0.4, 0.5) is 5.69 Å². The van der Waals surface area contributed by atoms with E-state index in [1.807, 2.05) is 54.6 Å². The van der Waals surface area contributed by atoms with Gasteiger partial charge in [0.15, 0.2) is 0 Å². The zero-order valence-corrected chi connectivity index (χ0v) is 23.2. The van der Waals surface area contributed by atoms with Crippen LogP contribution in [0.1, 0.15) is 67.3 Å². The van der Waals surface area contributed by atoms with E-state index in [0.29, 0.717) is 43.9 Å². The standard InChI is InChI=1S/C32H37NO8/c1-23(24-11-10-14-27(21-24)40-19-9-8-18-39-26-12-4-2-5-13-26)31(36)33-28-17-16-25(32(37)38)22-29(28)41-20-7-3-6-15-30(34)35/h2,4-5,10-14,16-17,21-23H,3,6-9,15,18-20H2,1H3,(H,33,36)(H,34,35)(H,37,38). The first-order chi connectivity index (χ1) is 19.8. The molecule has 0 spiro atoms. The Balaban J connectivity index is 1.51. The lowest BCUT2D eigenvalue weighted by Gasteiger charge is -2.17. The molecule has 1 atom stereocenters. The normalized spacial score (nSPS) is 11.3. The van der Waals surface area contributed by atoms with Crippen LogP contribution in [0.2, 0.25) is 0 Å². The Bertz CT molecular complexity index is 1280. The van der Waals surface area contributed by atoms with Gasteiger partial charge in [-0.2, -0.15) is 0 Å². The highest BCUT2D eigenvalue weighted by Gasteiger charge is 2.19. The number of carboxylic acids is 2. The second-order valence-electron chi connectivity index (χ2n) is 9.57. The minimum atomic E-state index is -1.11. The van der Waals surface area contributed by atoms with Gasteiger partial charge in [0.05, 0.1) is 37.0 Å². The third kappa shape index (κ3) is 10.9. The molecule has 3 aromatic carbocycles. The van der Waals surface area contributed by atoms with Gasteiger partial charge in [0.2, 0.25) is 5.91 Å². The lowest BCUT2D eigenvalue weighted by atomic mass is 10.00. The number of hydrogen-bond acceptors (Lipinski definition) is 6. The van der Waals surface area contributed by atoms with E-state index < -0.39 is 17.9 Å². The van der Waals surface area contributed by atoms with Crippen molar-refractivity contribution < 1.29 is 38.8 Å². The van der Waals surface area contributed by atoms with Crippen molar-refractivity contribution >= 4 is 23.5 Å². The van der Waals surface area contributed by atoms with E-state index in [1.165, 1.54) is 18.2 Å². The Morgan fingerprint density at radius 2 is 1.39 bits per heavy atom. The number of hydrogen-bond donors (Lipinski definition) is 3. The van der Waals surface area contributed by atoms with Crippen molar-refractivity contribution in [3.63, 3.8) is 0 Å². The Labute approximate surface area is 240 Å². The molecule has 0 aliphatic rings. The van der Waals surface area contributed by atoms with Gasteiger partial charge in [-0.25, -0.2) is 4.79 Å². The van der Waals surface area contributed by atoms with Crippen molar-refractivity contribution in [3.05, 3.63) is 83.9 Å². The molecule has 3 aromatic rings. The van der Waals surface area contributed by atoms with Crippen molar-refractivity contribution in [2.45, 2.75) is 51.4 Å². The number of carboxylic acid groups (broad SMARTS) is 2. The number of carbonyl (C=O) groups is 3. The molecule has 0 fully saturated rings. The zero-order chi connectivity index (χ0) is 29.5. The third-order valence-electron chi connectivity index (χ3n) is 6.35. The number of rotatable bonds is 18. The molecule has 0 aromatic heterocycles. The molecular weight excluding hydrogens is 526 g/mol. The van der Waals surface area contributed by atoms with Crippen LogP contribution in [-0.2, 0) is 9.59 Å². The Morgan fingerprint density at radius 3 is 2.10 bits per heavy atom. The van der Waals surface area contributed by atoms with Gasteiger partial charge in [-0.1, -0.05) is 30.3 Å². The summed E-state index contributed by atoms with van der Waals surface area (Å²) in [7, 11) is 0. The average Bonchev–Trinajstić information content (AvgIpc) is 2.97. The van der Waals surface area contributed by atoms with Gasteiger partial charge in [0, 0.05) is 6.42 Å². The maximum atomic E-state index is 13.1. The monoisotopic (exact) mass is 563 g/mol.